The van der Waals surface area contributed by atoms with Crippen LogP contribution in [-0.4, -0.2) is 24.7 Å². The second kappa shape index (κ2) is 8.03. The van der Waals surface area contributed by atoms with Crippen LogP contribution in [0.3, 0.4) is 0 Å². The third kappa shape index (κ3) is 2.97. The summed E-state index contributed by atoms with van der Waals surface area (Å²) < 4.78 is 6.76. The van der Waals surface area contributed by atoms with Gasteiger partial charge in [0.15, 0.2) is 11.6 Å². The second-order valence-corrected chi connectivity index (χ2v) is 10.6. The largest absolute Gasteiger partial charge is 0.456 e. The first-order chi connectivity index (χ1) is 18.7. The summed E-state index contributed by atoms with van der Waals surface area (Å²) in [6, 6.07) is 25.7. The lowest BCUT2D eigenvalue weighted by Crippen LogP contribution is -2.35. The lowest BCUT2D eigenvalue weighted by Gasteiger charge is -2.39. The Kier molecular flexibility index (Phi) is 4.57. The number of aryl methyl sites for hydroxylation is 1. The monoisotopic (exact) mass is 495 g/mol. The first-order valence-corrected chi connectivity index (χ1v) is 13.4. The molecule has 0 saturated heterocycles. The molecule has 0 bridgehead atoms. The van der Waals surface area contributed by atoms with Crippen LogP contribution in [0.15, 0.2) is 78.9 Å². The Morgan fingerprint density at radius 1 is 0.684 bits per heavy atom. The van der Waals surface area contributed by atoms with Gasteiger partial charge in [0.2, 0.25) is 0 Å². The van der Waals surface area contributed by atoms with Crippen molar-refractivity contribution in [1.29, 1.82) is 0 Å². The van der Waals surface area contributed by atoms with Crippen LogP contribution >= 0.6 is 0 Å². The molecule has 4 nitrogen and oxygen atoms in total. The third-order valence-electron chi connectivity index (χ3n) is 8.43. The van der Waals surface area contributed by atoms with Gasteiger partial charge in [0, 0.05) is 51.8 Å². The van der Waals surface area contributed by atoms with Crippen molar-refractivity contribution in [2.75, 3.05) is 18.0 Å². The molecule has 0 fully saturated rings. The van der Waals surface area contributed by atoms with Crippen molar-refractivity contribution in [2.45, 2.75) is 25.7 Å². The zero-order valence-electron chi connectivity index (χ0n) is 20.9. The van der Waals surface area contributed by atoms with Gasteiger partial charge in [-0.1, -0.05) is 60.7 Å². The number of benzene rings is 4. The Hall–Kier alpha value is -4.44. The fourth-order valence-electron chi connectivity index (χ4n) is 6.79. The van der Waals surface area contributed by atoms with E-state index in [1.54, 1.807) is 24.3 Å². The second-order valence-electron chi connectivity index (χ2n) is 10.6. The van der Waals surface area contributed by atoms with E-state index in [0.717, 1.165) is 60.0 Å². The van der Waals surface area contributed by atoms with Crippen molar-refractivity contribution in [3.8, 4) is 11.5 Å². The highest BCUT2D eigenvalue weighted by atomic mass is 16.5. The number of hydrogen-bond donors (Lipinski definition) is 0. The van der Waals surface area contributed by atoms with Crippen molar-refractivity contribution in [1.82, 2.24) is 0 Å². The summed E-state index contributed by atoms with van der Waals surface area (Å²) in [5.41, 5.74) is 8.66. The summed E-state index contributed by atoms with van der Waals surface area (Å²) in [7, 11) is 0. The number of fused-ring (bicyclic) bond motifs is 4. The lowest BCUT2D eigenvalue weighted by molar-refractivity contribution is 0.102. The maximum atomic E-state index is 13.3. The zero-order chi connectivity index (χ0) is 25.4. The molecule has 0 spiro atoms. The average molecular weight is 496 g/mol. The van der Waals surface area contributed by atoms with Gasteiger partial charge in [-0.2, -0.15) is 0 Å². The topological polar surface area (TPSA) is 46.6 Å². The molecule has 0 radical (unpaired) electrons. The number of rotatable bonds is 1. The van der Waals surface area contributed by atoms with Crippen LogP contribution in [0, 0.1) is 0 Å². The molecule has 0 saturated carbocycles. The van der Waals surface area contributed by atoms with Gasteiger partial charge in [0.1, 0.15) is 11.5 Å². The molecule has 0 unspecified atom stereocenters. The summed E-state index contributed by atoms with van der Waals surface area (Å²) in [6.07, 6.45) is 4.36. The maximum absolute atomic E-state index is 13.3. The Morgan fingerprint density at radius 3 is 2.16 bits per heavy atom. The molecule has 4 aromatic carbocycles. The summed E-state index contributed by atoms with van der Waals surface area (Å²) in [6.45, 7) is 2.19. The number of hydrogen-bond acceptors (Lipinski definition) is 4. The van der Waals surface area contributed by atoms with Gasteiger partial charge in [0.05, 0.1) is 5.57 Å². The fraction of sp³-hybridized carbons (Fsp3) is 0.176. The number of anilines is 1. The summed E-state index contributed by atoms with van der Waals surface area (Å²) in [4.78, 5) is 29.0. The van der Waals surface area contributed by atoms with Gasteiger partial charge >= 0.3 is 0 Å². The standard InChI is InChI=1S/C34H25NO3/c36-32-23-11-4-5-12-24(23)33(37)30(32)21-14-15-25-28(19-21)38-34-26-13-7-17-35-16-6-10-22(31(26)35)18-27(34)29(25)20-8-2-1-3-9-20/h1-5,8-9,11-12,14-15,18-19H,6-7,10,13,16-17H2. The van der Waals surface area contributed by atoms with Gasteiger partial charge in [-0.3, -0.25) is 9.59 Å². The van der Waals surface area contributed by atoms with Crippen molar-refractivity contribution in [3.05, 3.63) is 123 Å². The normalized spacial score (nSPS) is 17.0. The molecule has 0 amide bonds. The van der Waals surface area contributed by atoms with E-state index in [0.29, 0.717) is 22.1 Å². The van der Waals surface area contributed by atoms with E-state index in [1.807, 2.05) is 24.3 Å². The molecule has 4 aliphatic rings. The molecule has 4 aromatic rings. The van der Waals surface area contributed by atoms with Gasteiger partial charge in [-0.05, 0) is 60.2 Å². The molecule has 0 N–H and O–H groups in total. The molecule has 4 heteroatoms. The predicted octanol–water partition coefficient (Wildman–Crippen LogP) is 4.97. The molecule has 3 heterocycles. The minimum atomic E-state index is -0.214. The number of carbonyl (C=O) groups is 2. The molecular weight excluding hydrogens is 470 g/mol. The van der Waals surface area contributed by atoms with E-state index >= 15 is 0 Å². The Bertz CT molecular complexity index is 1790. The average Bonchev–Trinajstić information content (AvgIpc) is 3.22. The third-order valence-corrected chi connectivity index (χ3v) is 8.43. The molecule has 1 aliphatic carbocycles. The first-order valence-electron chi connectivity index (χ1n) is 13.4. The Morgan fingerprint density at radius 2 is 1.39 bits per heavy atom. The van der Waals surface area contributed by atoms with Crippen molar-refractivity contribution in [2.24, 2.45) is 0 Å². The molecule has 184 valence electrons. The smallest absolute Gasteiger partial charge is 0.198 e. The lowest BCUT2D eigenvalue weighted by atomic mass is 9.84. The molecule has 3 aliphatic heterocycles. The molecular formula is C34H25NO3. The molecule has 38 heavy (non-hydrogen) atoms. The molecule has 8 rings (SSSR count). The van der Waals surface area contributed by atoms with E-state index in [2.05, 4.69) is 35.2 Å². The van der Waals surface area contributed by atoms with Crippen LogP contribution < -0.4 is 20.1 Å². The number of Topliss-reactive ketones (excluding diaryl/α,β-unsaturated/α-hetero) is 2. The minimum absolute atomic E-state index is 0.214. The predicted molar refractivity (Wildman–Crippen MR) is 148 cm³/mol. The Labute approximate surface area is 220 Å². The summed E-state index contributed by atoms with van der Waals surface area (Å²) in [5.74, 6) is 1.20. The highest BCUT2D eigenvalue weighted by Gasteiger charge is 2.35. The van der Waals surface area contributed by atoms with Crippen LogP contribution in [0.4, 0.5) is 5.69 Å². The minimum Gasteiger partial charge on any atom is -0.456 e. The van der Waals surface area contributed by atoms with Crippen molar-refractivity contribution in [3.63, 3.8) is 0 Å². The number of ketones is 2. The van der Waals surface area contributed by atoms with Crippen molar-refractivity contribution < 1.29 is 14.3 Å². The van der Waals surface area contributed by atoms with E-state index in [-0.39, 0.29) is 17.1 Å². The van der Waals surface area contributed by atoms with Gasteiger partial charge in [-0.25, -0.2) is 0 Å². The maximum Gasteiger partial charge on any atom is 0.198 e. The van der Waals surface area contributed by atoms with Gasteiger partial charge < -0.3 is 9.64 Å². The number of nitrogens with zero attached hydrogens (tertiary/aromatic N) is 1. The zero-order valence-corrected chi connectivity index (χ0v) is 20.9. The van der Waals surface area contributed by atoms with Crippen LogP contribution in [0.5, 0.6) is 11.5 Å². The van der Waals surface area contributed by atoms with Crippen LogP contribution in [0.25, 0.3) is 11.1 Å². The fourth-order valence-corrected chi connectivity index (χ4v) is 6.79. The number of carbonyl (C=O) groups excluding carboxylic acids is 2. The quantitative estimate of drug-likeness (QED) is 0.330. The Balaban J connectivity index is 1.42. The van der Waals surface area contributed by atoms with E-state index in [1.165, 1.54) is 23.2 Å². The highest BCUT2D eigenvalue weighted by Crippen LogP contribution is 2.47. The highest BCUT2D eigenvalue weighted by molar-refractivity contribution is 6.55. The molecule has 0 atom stereocenters. The number of ether oxygens (including phenoxy) is 1. The SMILES string of the molecule is O=C1C(=c2ccc3c(c2)Oc2c(cc4c5c2CCCN5CCC4)C=3c2ccccc2)C(=O)c2ccccc21. The van der Waals surface area contributed by atoms with E-state index in [9.17, 15) is 9.59 Å². The summed E-state index contributed by atoms with van der Waals surface area (Å²) >= 11 is 0. The van der Waals surface area contributed by atoms with Crippen LogP contribution in [-0.2, 0) is 12.8 Å². The van der Waals surface area contributed by atoms with E-state index in [4.69, 9.17) is 4.74 Å². The summed E-state index contributed by atoms with van der Waals surface area (Å²) in [5, 5.41) is 1.60. The van der Waals surface area contributed by atoms with Crippen LogP contribution in [0.2, 0.25) is 0 Å². The van der Waals surface area contributed by atoms with Crippen LogP contribution in [0.1, 0.15) is 55.8 Å². The first kappa shape index (κ1) is 21.6. The van der Waals surface area contributed by atoms with Crippen molar-refractivity contribution >= 4 is 28.4 Å². The van der Waals surface area contributed by atoms with E-state index < -0.39 is 0 Å². The van der Waals surface area contributed by atoms with Gasteiger partial charge in [0.25, 0.3) is 0 Å². The molecule has 0 aromatic heterocycles. The van der Waals surface area contributed by atoms with Gasteiger partial charge in [-0.15, -0.1) is 0 Å².